The van der Waals surface area contributed by atoms with Crippen LogP contribution in [0.4, 0.5) is 11.4 Å². The van der Waals surface area contributed by atoms with Gasteiger partial charge in [-0.1, -0.05) is 12.1 Å². The summed E-state index contributed by atoms with van der Waals surface area (Å²) in [6.07, 6.45) is 1.52. The molecule has 2 aromatic rings. The maximum Gasteiger partial charge on any atom is 0.259 e. The molecule has 0 aliphatic rings. The van der Waals surface area contributed by atoms with Crippen LogP contribution in [0.5, 0.6) is 0 Å². The second-order valence-corrected chi connectivity index (χ2v) is 4.23. The molecule has 1 aromatic carbocycles. The minimum atomic E-state index is -0.301. The van der Waals surface area contributed by atoms with Gasteiger partial charge in [0.05, 0.1) is 22.5 Å². The van der Waals surface area contributed by atoms with Gasteiger partial charge < -0.3 is 10.6 Å². The number of nitriles is 1. The highest BCUT2D eigenvalue weighted by atomic mass is 16.1. The number of rotatable bonds is 3. The van der Waals surface area contributed by atoms with Crippen LogP contribution in [0.15, 0.2) is 36.5 Å². The molecule has 100 valence electrons. The van der Waals surface area contributed by atoms with Gasteiger partial charge in [-0.2, -0.15) is 5.26 Å². The summed E-state index contributed by atoms with van der Waals surface area (Å²) in [6.45, 7) is 1.85. The van der Waals surface area contributed by atoms with E-state index in [0.29, 0.717) is 22.5 Å². The number of hydrogen-bond donors (Lipinski definition) is 2. The van der Waals surface area contributed by atoms with Crippen molar-refractivity contribution < 1.29 is 4.79 Å². The topological polar surface area (TPSA) is 77.8 Å². The standard InChI is InChI=1S/C15H14N4O/c1-10-7-14(17-2)12(9-18-10)15(20)19-13-6-4-3-5-11(13)8-16/h3-7,9H,1-2H3,(H,17,18)(H,19,20). The van der Waals surface area contributed by atoms with Crippen LogP contribution in [0.1, 0.15) is 21.6 Å². The normalized spacial score (nSPS) is 9.65. The summed E-state index contributed by atoms with van der Waals surface area (Å²) >= 11 is 0. The molecular weight excluding hydrogens is 252 g/mol. The van der Waals surface area contributed by atoms with Crippen molar-refractivity contribution in [3.05, 3.63) is 53.3 Å². The van der Waals surface area contributed by atoms with Gasteiger partial charge in [0, 0.05) is 18.9 Å². The Morgan fingerprint density at radius 3 is 2.75 bits per heavy atom. The summed E-state index contributed by atoms with van der Waals surface area (Å²) in [5.74, 6) is -0.301. The number of nitrogens with zero attached hydrogens (tertiary/aromatic N) is 2. The number of pyridine rings is 1. The molecule has 0 unspecified atom stereocenters. The van der Waals surface area contributed by atoms with Crippen LogP contribution in [-0.4, -0.2) is 17.9 Å². The Labute approximate surface area is 117 Å². The Bertz CT molecular complexity index is 689. The first kappa shape index (κ1) is 13.6. The zero-order valence-electron chi connectivity index (χ0n) is 11.3. The molecule has 0 saturated carbocycles. The highest BCUT2D eigenvalue weighted by Crippen LogP contribution is 2.19. The van der Waals surface area contributed by atoms with E-state index in [1.54, 1.807) is 37.4 Å². The van der Waals surface area contributed by atoms with Crippen LogP contribution in [0.2, 0.25) is 0 Å². The van der Waals surface area contributed by atoms with Crippen molar-refractivity contribution >= 4 is 17.3 Å². The molecule has 0 bridgehead atoms. The zero-order chi connectivity index (χ0) is 14.5. The van der Waals surface area contributed by atoms with Gasteiger partial charge in [-0.05, 0) is 25.1 Å². The van der Waals surface area contributed by atoms with E-state index >= 15 is 0 Å². The van der Waals surface area contributed by atoms with Crippen LogP contribution in [0, 0.1) is 18.3 Å². The number of hydrogen-bond acceptors (Lipinski definition) is 4. The van der Waals surface area contributed by atoms with Gasteiger partial charge in [0.15, 0.2) is 0 Å². The second kappa shape index (κ2) is 5.85. The molecule has 0 aliphatic carbocycles. The lowest BCUT2D eigenvalue weighted by Gasteiger charge is -2.11. The molecule has 2 N–H and O–H groups in total. The summed E-state index contributed by atoms with van der Waals surface area (Å²) < 4.78 is 0. The van der Waals surface area contributed by atoms with Crippen molar-refractivity contribution in [2.24, 2.45) is 0 Å². The first-order valence-electron chi connectivity index (χ1n) is 6.10. The van der Waals surface area contributed by atoms with E-state index in [1.165, 1.54) is 6.20 Å². The minimum absolute atomic E-state index is 0.301. The molecule has 0 fully saturated rings. The fraction of sp³-hybridized carbons (Fsp3) is 0.133. The fourth-order valence-corrected chi connectivity index (χ4v) is 1.83. The predicted molar refractivity (Wildman–Crippen MR) is 77.6 cm³/mol. The van der Waals surface area contributed by atoms with E-state index in [1.807, 2.05) is 13.0 Å². The van der Waals surface area contributed by atoms with E-state index < -0.39 is 0 Å². The number of carbonyl (C=O) groups excluding carboxylic acids is 1. The molecule has 0 radical (unpaired) electrons. The van der Waals surface area contributed by atoms with Crippen molar-refractivity contribution in [2.45, 2.75) is 6.92 Å². The van der Waals surface area contributed by atoms with Gasteiger partial charge in [0.1, 0.15) is 6.07 Å². The summed E-state index contributed by atoms with van der Waals surface area (Å²) in [5, 5.41) is 14.7. The number of amides is 1. The van der Waals surface area contributed by atoms with Gasteiger partial charge in [-0.15, -0.1) is 0 Å². The quantitative estimate of drug-likeness (QED) is 0.895. The summed E-state index contributed by atoms with van der Waals surface area (Å²) in [5.41, 5.74) is 2.87. The summed E-state index contributed by atoms with van der Waals surface area (Å²) in [4.78, 5) is 16.4. The predicted octanol–water partition coefficient (Wildman–Crippen LogP) is 2.56. The largest absolute Gasteiger partial charge is 0.387 e. The highest BCUT2D eigenvalue weighted by molar-refractivity contribution is 6.08. The Balaban J connectivity index is 2.31. The third-order valence-corrected chi connectivity index (χ3v) is 2.85. The summed E-state index contributed by atoms with van der Waals surface area (Å²) in [7, 11) is 1.74. The van der Waals surface area contributed by atoms with Crippen LogP contribution in [0.3, 0.4) is 0 Å². The SMILES string of the molecule is CNc1cc(C)ncc1C(=O)Nc1ccccc1C#N. The third kappa shape index (κ3) is 2.75. The Morgan fingerprint density at radius 2 is 2.05 bits per heavy atom. The monoisotopic (exact) mass is 266 g/mol. The van der Waals surface area contributed by atoms with E-state index in [-0.39, 0.29) is 5.91 Å². The molecule has 0 spiro atoms. The molecule has 1 amide bonds. The molecule has 1 heterocycles. The number of para-hydroxylation sites is 1. The lowest BCUT2D eigenvalue weighted by molar-refractivity contribution is 0.102. The molecule has 2 rings (SSSR count). The van der Waals surface area contributed by atoms with Crippen molar-refractivity contribution in [3.63, 3.8) is 0 Å². The van der Waals surface area contributed by atoms with Crippen molar-refractivity contribution in [3.8, 4) is 6.07 Å². The third-order valence-electron chi connectivity index (χ3n) is 2.85. The van der Waals surface area contributed by atoms with Crippen molar-refractivity contribution in [1.82, 2.24) is 4.98 Å². The fourth-order valence-electron chi connectivity index (χ4n) is 1.83. The lowest BCUT2D eigenvalue weighted by Crippen LogP contribution is -2.15. The number of nitrogens with one attached hydrogen (secondary N) is 2. The number of benzene rings is 1. The van der Waals surface area contributed by atoms with Crippen LogP contribution in [-0.2, 0) is 0 Å². The zero-order valence-corrected chi connectivity index (χ0v) is 11.3. The Kier molecular flexibility index (Phi) is 3.96. The summed E-state index contributed by atoms with van der Waals surface area (Å²) in [6, 6.07) is 10.7. The maximum absolute atomic E-state index is 12.3. The number of aromatic nitrogens is 1. The average molecular weight is 266 g/mol. The maximum atomic E-state index is 12.3. The van der Waals surface area contributed by atoms with E-state index in [4.69, 9.17) is 5.26 Å². The van der Waals surface area contributed by atoms with Crippen molar-refractivity contribution in [2.75, 3.05) is 17.7 Å². The van der Waals surface area contributed by atoms with Gasteiger partial charge in [-0.25, -0.2) is 0 Å². The molecular formula is C15H14N4O. The van der Waals surface area contributed by atoms with Crippen LogP contribution < -0.4 is 10.6 Å². The number of carbonyl (C=O) groups is 1. The molecule has 5 heteroatoms. The Morgan fingerprint density at radius 1 is 1.30 bits per heavy atom. The average Bonchev–Trinajstić information content (AvgIpc) is 2.47. The lowest BCUT2D eigenvalue weighted by atomic mass is 10.1. The van der Waals surface area contributed by atoms with Crippen molar-refractivity contribution in [1.29, 1.82) is 5.26 Å². The molecule has 0 atom stereocenters. The van der Waals surface area contributed by atoms with Gasteiger partial charge in [0.25, 0.3) is 5.91 Å². The van der Waals surface area contributed by atoms with Gasteiger partial charge in [-0.3, -0.25) is 9.78 Å². The molecule has 1 aromatic heterocycles. The number of aryl methyl sites for hydroxylation is 1. The van der Waals surface area contributed by atoms with E-state index in [9.17, 15) is 4.79 Å². The molecule has 5 nitrogen and oxygen atoms in total. The van der Waals surface area contributed by atoms with Crippen LogP contribution >= 0.6 is 0 Å². The van der Waals surface area contributed by atoms with Gasteiger partial charge >= 0.3 is 0 Å². The van der Waals surface area contributed by atoms with Crippen LogP contribution in [0.25, 0.3) is 0 Å². The number of anilines is 2. The first-order chi connectivity index (χ1) is 9.65. The van der Waals surface area contributed by atoms with E-state index in [2.05, 4.69) is 15.6 Å². The highest BCUT2D eigenvalue weighted by Gasteiger charge is 2.13. The first-order valence-corrected chi connectivity index (χ1v) is 6.10. The smallest absolute Gasteiger partial charge is 0.259 e. The second-order valence-electron chi connectivity index (χ2n) is 4.23. The molecule has 0 saturated heterocycles. The Hall–Kier alpha value is -2.87. The van der Waals surface area contributed by atoms with Gasteiger partial charge in [0.2, 0.25) is 0 Å². The molecule has 20 heavy (non-hydrogen) atoms. The van der Waals surface area contributed by atoms with E-state index in [0.717, 1.165) is 5.69 Å². The molecule has 0 aliphatic heterocycles. The minimum Gasteiger partial charge on any atom is -0.387 e.